The lowest BCUT2D eigenvalue weighted by Gasteiger charge is -2.09. The minimum Gasteiger partial charge on any atom is -0.454 e. The fourth-order valence-electron chi connectivity index (χ4n) is 2.59. The molecule has 1 aliphatic carbocycles. The first-order valence-corrected chi connectivity index (χ1v) is 9.79. The molecule has 26 heavy (non-hydrogen) atoms. The van der Waals surface area contributed by atoms with Crippen molar-refractivity contribution >= 4 is 15.9 Å². The van der Waals surface area contributed by atoms with E-state index < -0.39 is 10.0 Å². The van der Waals surface area contributed by atoms with Crippen molar-refractivity contribution in [1.82, 2.24) is 10.0 Å². The second-order valence-corrected chi connectivity index (χ2v) is 8.05. The molecule has 136 valence electrons. The van der Waals surface area contributed by atoms with Gasteiger partial charge in [-0.25, -0.2) is 13.1 Å². The molecule has 4 rings (SSSR count). The molecule has 2 aromatic carbocycles. The molecule has 0 aromatic heterocycles. The number of rotatable bonds is 6. The third kappa shape index (κ3) is 3.66. The van der Waals surface area contributed by atoms with Crippen molar-refractivity contribution in [2.75, 3.05) is 6.79 Å². The van der Waals surface area contributed by atoms with E-state index in [4.69, 9.17) is 9.47 Å². The minimum atomic E-state index is -3.68. The first-order valence-electron chi connectivity index (χ1n) is 8.30. The van der Waals surface area contributed by atoms with E-state index in [0.29, 0.717) is 17.1 Å². The van der Waals surface area contributed by atoms with Crippen molar-refractivity contribution in [1.29, 1.82) is 0 Å². The number of benzene rings is 2. The van der Waals surface area contributed by atoms with Crippen molar-refractivity contribution in [3.05, 3.63) is 53.6 Å². The van der Waals surface area contributed by atoms with Crippen molar-refractivity contribution < 1.29 is 22.7 Å². The van der Waals surface area contributed by atoms with Crippen LogP contribution in [0.15, 0.2) is 47.4 Å². The van der Waals surface area contributed by atoms with Crippen LogP contribution < -0.4 is 19.5 Å². The maximum atomic E-state index is 12.4. The van der Waals surface area contributed by atoms with Gasteiger partial charge in [0.25, 0.3) is 5.91 Å². The van der Waals surface area contributed by atoms with Crippen molar-refractivity contribution in [3.8, 4) is 11.5 Å². The normalized spacial score (nSPS) is 15.7. The number of fused-ring (bicyclic) bond motifs is 1. The van der Waals surface area contributed by atoms with Gasteiger partial charge in [0.1, 0.15) is 0 Å². The SMILES string of the molecule is O=C(NC1CC1)c1ccc(S(=O)(=O)NCc2ccc3c(c2)OCO3)cc1. The number of ether oxygens (including phenoxy) is 2. The van der Waals surface area contributed by atoms with E-state index >= 15 is 0 Å². The fourth-order valence-corrected chi connectivity index (χ4v) is 3.61. The van der Waals surface area contributed by atoms with Crippen LogP contribution in [-0.2, 0) is 16.6 Å². The lowest BCUT2D eigenvalue weighted by atomic mass is 10.2. The van der Waals surface area contributed by atoms with Gasteiger partial charge in [0.15, 0.2) is 11.5 Å². The summed E-state index contributed by atoms with van der Waals surface area (Å²) >= 11 is 0. The van der Waals surface area contributed by atoms with Crippen LogP contribution in [0.5, 0.6) is 11.5 Å². The van der Waals surface area contributed by atoms with E-state index in [0.717, 1.165) is 18.4 Å². The predicted molar refractivity (Wildman–Crippen MR) is 93.5 cm³/mol. The molecule has 8 heteroatoms. The van der Waals surface area contributed by atoms with Gasteiger partial charge in [-0.3, -0.25) is 4.79 Å². The van der Waals surface area contributed by atoms with Crippen LogP contribution in [0, 0.1) is 0 Å². The average Bonchev–Trinajstić information content (AvgIpc) is 3.33. The van der Waals surface area contributed by atoms with Crippen molar-refractivity contribution in [2.45, 2.75) is 30.3 Å². The Morgan fingerprint density at radius 3 is 2.50 bits per heavy atom. The first kappa shape index (κ1) is 16.9. The van der Waals surface area contributed by atoms with Crippen molar-refractivity contribution in [3.63, 3.8) is 0 Å². The highest BCUT2D eigenvalue weighted by atomic mass is 32.2. The van der Waals surface area contributed by atoms with Gasteiger partial charge in [-0.15, -0.1) is 0 Å². The second-order valence-electron chi connectivity index (χ2n) is 6.28. The zero-order valence-corrected chi connectivity index (χ0v) is 14.7. The van der Waals surface area contributed by atoms with Gasteiger partial charge in [-0.2, -0.15) is 0 Å². The monoisotopic (exact) mass is 374 g/mol. The topological polar surface area (TPSA) is 93.7 Å². The third-order valence-corrected chi connectivity index (χ3v) is 5.66. The quantitative estimate of drug-likeness (QED) is 0.804. The van der Waals surface area contributed by atoms with E-state index in [1.54, 1.807) is 18.2 Å². The molecule has 0 bridgehead atoms. The molecule has 1 heterocycles. The largest absolute Gasteiger partial charge is 0.454 e. The summed E-state index contributed by atoms with van der Waals surface area (Å²) in [6.45, 7) is 0.300. The molecular weight excluding hydrogens is 356 g/mol. The van der Waals surface area contributed by atoms with Gasteiger partial charge in [0.05, 0.1) is 4.90 Å². The summed E-state index contributed by atoms with van der Waals surface area (Å²) in [5.74, 6) is 1.08. The molecule has 2 aromatic rings. The highest BCUT2D eigenvalue weighted by Gasteiger charge is 2.24. The van der Waals surface area contributed by atoms with Crippen LogP contribution in [0.3, 0.4) is 0 Å². The molecule has 1 amide bonds. The molecule has 2 N–H and O–H groups in total. The Labute approximate surface area is 151 Å². The van der Waals surface area contributed by atoms with Crippen LogP contribution in [0.2, 0.25) is 0 Å². The summed E-state index contributed by atoms with van der Waals surface area (Å²) in [6.07, 6.45) is 2.00. The van der Waals surface area contributed by atoms with Gasteiger partial charge in [0.2, 0.25) is 16.8 Å². The Morgan fingerprint density at radius 1 is 1.04 bits per heavy atom. The number of carbonyl (C=O) groups excluding carboxylic acids is 1. The van der Waals surface area contributed by atoms with E-state index in [1.165, 1.54) is 24.3 Å². The van der Waals surface area contributed by atoms with Crippen LogP contribution in [0.25, 0.3) is 0 Å². The Bertz CT molecular complexity index is 937. The molecule has 0 radical (unpaired) electrons. The van der Waals surface area contributed by atoms with Gasteiger partial charge in [-0.1, -0.05) is 6.07 Å². The van der Waals surface area contributed by atoms with Crippen molar-refractivity contribution in [2.24, 2.45) is 0 Å². The Kier molecular flexibility index (Phi) is 4.29. The summed E-state index contributed by atoms with van der Waals surface area (Å²) < 4.78 is 37.9. The Hall–Kier alpha value is -2.58. The van der Waals surface area contributed by atoms with Gasteiger partial charge < -0.3 is 14.8 Å². The molecule has 7 nitrogen and oxygen atoms in total. The second kappa shape index (κ2) is 6.62. The molecule has 0 spiro atoms. The summed E-state index contributed by atoms with van der Waals surface area (Å²) in [5, 5.41) is 2.87. The summed E-state index contributed by atoms with van der Waals surface area (Å²) in [7, 11) is -3.68. The van der Waals surface area contributed by atoms with Gasteiger partial charge in [0, 0.05) is 18.2 Å². The molecule has 1 aliphatic heterocycles. The molecule has 2 aliphatic rings. The molecule has 1 fully saturated rings. The highest BCUT2D eigenvalue weighted by molar-refractivity contribution is 7.89. The summed E-state index contributed by atoms with van der Waals surface area (Å²) in [5.41, 5.74) is 1.21. The Morgan fingerprint density at radius 2 is 1.77 bits per heavy atom. The van der Waals surface area contributed by atoms with Crippen LogP contribution >= 0.6 is 0 Å². The molecule has 0 saturated heterocycles. The lowest BCUT2D eigenvalue weighted by Crippen LogP contribution is -2.26. The van der Waals surface area contributed by atoms with Gasteiger partial charge in [-0.05, 0) is 54.8 Å². The van der Waals surface area contributed by atoms with Crippen LogP contribution in [0.1, 0.15) is 28.8 Å². The highest BCUT2D eigenvalue weighted by Crippen LogP contribution is 2.32. The number of nitrogens with one attached hydrogen (secondary N) is 2. The van der Waals surface area contributed by atoms with Gasteiger partial charge >= 0.3 is 0 Å². The maximum absolute atomic E-state index is 12.4. The number of amides is 1. The van der Waals surface area contributed by atoms with E-state index in [-0.39, 0.29) is 30.2 Å². The smallest absolute Gasteiger partial charge is 0.251 e. The van der Waals surface area contributed by atoms with E-state index in [2.05, 4.69) is 10.0 Å². The van der Waals surface area contributed by atoms with E-state index in [9.17, 15) is 13.2 Å². The minimum absolute atomic E-state index is 0.112. The number of hydrogen-bond donors (Lipinski definition) is 2. The summed E-state index contributed by atoms with van der Waals surface area (Å²) in [6, 6.07) is 11.4. The Balaban J connectivity index is 1.41. The van der Waals surface area contributed by atoms with Crippen LogP contribution in [-0.4, -0.2) is 27.2 Å². The maximum Gasteiger partial charge on any atom is 0.251 e. The number of carbonyl (C=O) groups is 1. The molecule has 1 saturated carbocycles. The number of hydrogen-bond acceptors (Lipinski definition) is 5. The van der Waals surface area contributed by atoms with Crippen LogP contribution in [0.4, 0.5) is 0 Å². The summed E-state index contributed by atoms with van der Waals surface area (Å²) in [4.78, 5) is 12.1. The first-order chi connectivity index (χ1) is 12.5. The standard InChI is InChI=1S/C18H18N2O5S/c21-18(20-14-4-5-14)13-2-6-15(7-3-13)26(22,23)19-10-12-1-8-16-17(9-12)25-11-24-16/h1-3,6-9,14,19H,4-5,10-11H2,(H,20,21). The average molecular weight is 374 g/mol. The predicted octanol–water partition coefficient (Wildman–Crippen LogP) is 1.79. The van der Waals surface area contributed by atoms with E-state index in [1.807, 2.05) is 0 Å². The third-order valence-electron chi connectivity index (χ3n) is 4.24. The fraction of sp³-hybridized carbons (Fsp3) is 0.278. The molecular formula is C18H18N2O5S. The molecule has 0 atom stereocenters. The lowest BCUT2D eigenvalue weighted by molar-refractivity contribution is 0.0951. The zero-order chi connectivity index (χ0) is 18.1. The number of sulfonamides is 1. The molecule has 0 unspecified atom stereocenters. The zero-order valence-electron chi connectivity index (χ0n) is 13.9.